The first kappa shape index (κ1) is 14.4. The number of ether oxygens (including phenoxy) is 1. The molecule has 0 atom stereocenters. The maximum Gasteiger partial charge on any atom is 0.118 e. The van der Waals surface area contributed by atoms with Crippen molar-refractivity contribution in [2.75, 3.05) is 7.11 Å². The molecule has 116 valence electrons. The molecule has 3 heteroatoms. The van der Waals surface area contributed by atoms with Gasteiger partial charge in [0.2, 0.25) is 0 Å². The molecular formula is C21H16N2O. The van der Waals surface area contributed by atoms with Gasteiger partial charge in [-0.2, -0.15) is 0 Å². The molecule has 0 fully saturated rings. The number of rotatable bonds is 3. The molecule has 4 rings (SSSR count). The van der Waals surface area contributed by atoms with Crippen molar-refractivity contribution in [3.05, 3.63) is 78.9 Å². The first-order valence-corrected chi connectivity index (χ1v) is 7.82. The van der Waals surface area contributed by atoms with Crippen LogP contribution in [0.15, 0.2) is 78.9 Å². The van der Waals surface area contributed by atoms with E-state index < -0.39 is 0 Å². The van der Waals surface area contributed by atoms with E-state index in [2.05, 4.69) is 34.5 Å². The van der Waals surface area contributed by atoms with Crippen LogP contribution in [0.3, 0.4) is 0 Å². The smallest absolute Gasteiger partial charge is 0.118 e. The first-order chi connectivity index (χ1) is 11.9. The van der Waals surface area contributed by atoms with E-state index in [1.165, 1.54) is 0 Å². The zero-order valence-corrected chi connectivity index (χ0v) is 13.3. The van der Waals surface area contributed by atoms with Gasteiger partial charge in [-0.25, -0.2) is 0 Å². The standard InChI is InChI=1S/C21H16N2O/c1-24-17-13-11-16(12-14-17)21-19-10-6-5-9-18(19)20(22-23-21)15-7-3-2-4-8-15/h2-14H,1H3. The van der Waals surface area contributed by atoms with Crippen LogP contribution in [0.2, 0.25) is 0 Å². The topological polar surface area (TPSA) is 35.0 Å². The van der Waals surface area contributed by atoms with Gasteiger partial charge >= 0.3 is 0 Å². The van der Waals surface area contributed by atoms with Gasteiger partial charge < -0.3 is 4.74 Å². The Kier molecular flexibility index (Phi) is 3.67. The average molecular weight is 312 g/mol. The molecule has 0 spiro atoms. The third kappa shape index (κ3) is 2.50. The van der Waals surface area contributed by atoms with Gasteiger partial charge in [-0.15, -0.1) is 10.2 Å². The monoisotopic (exact) mass is 312 g/mol. The second-order valence-electron chi connectivity index (χ2n) is 5.54. The van der Waals surface area contributed by atoms with Crippen LogP contribution in [0.25, 0.3) is 33.3 Å². The summed E-state index contributed by atoms with van der Waals surface area (Å²) in [4.78, 5) is 0. The molecule has 0 unspecified atom stereocenters. The molecule has 24 heavy (non-hydrogen) atoms. The number of aromatic nitrogens is 2. The lowest BCUT2D eigenvalue weighted by molar-refractivity contribution is 0.415. The Bertz CT molecular complexity index is 980. The Balaban J connectivity index is 1.92. The number of fused-ring (bicyclic) bond motifs is 1. The number of hydrogen-bond donors (Lipinski definition) is 0. The number of benzene rings is 3. The highest BCUT2D eigenvalue weighted by Gasteiger charge is 2.12. The van der Waals surface area contributed by atoms with Crippen molar-refractivity contribution in [3.63, 3.8) is 0 Å². The molecule has 4 aromatic rings. The maximum absolute atomic E-state index is 5.23. The highest BCUT2D eigenvalue weighted by molar-refractivity contribution is 6.01. The van der Waals surface area contributed by atoms with E-state index in [0.717, 1.165) is 39.0 Å². The van der Waals surface area contributed by atoms with Crippen molar-refractivity contribution in [1.29, 1.82) is 0 Å². The van der Waals surface area contributed by atoms with E-state index in [4.69, 9.17) is 4.74 Å². The molecule has 1 aromatic heterocycles. The number of hydrogen-bond acceptors (Lipinski definition) is 3. The summed E-state index contributed by atoms with van der Waals surface area (Å²) < 4.78 is 5.23. The van der Waals surface area contributed by atoms with Gasteiger partial charge in [-0.3, -0.25) is 0 Å². The molecule has 0 saturated heterocycles. The van der Waals surface area contributed by atoms with Gasteiger partial charge in [0.25, 0.3) is 0 Å². The van der Waals surface area contributed by atoms with Crippen LogP contribution < -0.4 is 4.74 Å². The minimum absolute atomic E-state index is 0.830. The molecule has 0 aliphatic rings. The van der Waals surface area contributed by atoms with Crippen LogP contribution in [-0.2, 0) is 0 Å². The van der Waals surface area contributed by atoms with Crippen LogP contribution in [0.1, 0.15) is 0 Å². The quantitative estimate of drug-likeness (QED) is 0.535. The van der Waals surface area contributed by atoms with E-state index in [9.17, 15) is 0 Å². The van der Waals surface area contributed by atoms with E-state index in [0.29, 0.717) is 0 Å². The Morgan fingerprint density at radius 3 is 1.62 bits per heavy atom. The zero-order chi connectivity index (χ0) is 16.4. The summed E-state index contributed by atoms with van der Waals surface area (Å²) in [6.07, 6.45) is 0. The van der Waals surface area contributed by atoms with Crippen LogP contribution in [0.5, 0.6) is 5.75 Å². The Morgan fingerprint density at radius 1 is 0.583 bits per heavy atom. The lowest BCUT2D eigenvalue weighted by Crippen LogP contribution is -1.94. The van der Waals surface area contributed by atoms with Crippen molar-refractivity contribution < 1.29 is 4.74 Å². The van der Waals surface area contributed by atoms with Gasteiger partial charge in [0.1, 0.15) is 17.1 Å². The third-order valence-electron chi connectivity index (χ3n) is 4.10. The lowest BCUT2D eigenvalue weighted by atomic mass is 10.0. The predicted molar refractivity (Wildman–Crippen MR) is 97.0 cm³/mol. The molecule has 0 bridgehead atoms. The molecule has 0 N–H and O–H groups in total. The summed E-state index contributed by atoms with van der Waals surface area (Å²) in [6.45, 7) is 0. The minimum Gasteiger partial charge on any atom is -0.497 e. The van der Waals surface area contributed by atoms with Gasteiger partial charge in [0, 0.05) is 21.9 Å². The largest absolute Gasteiger partial charge is 0.497 e. The summed E-state index contributed by atoms with van der Waals surface area (Å²) in [5.41, 5.74) is 3.89. The first-order valence-electron chi connectivity index (χ1n) is 7.82. The van der Waals surface area contributed by atoms with Gasteiger partial charge in [-0.05, 0) is 24.3 Å². The number of methoxy groups -OCH3 is 1. The number of nitrogens with zero attached hydrogens (tertiary/aromatic N) is 2. The van der Waals surface area contributed by atoms with Gasteiger partial charge in [0.05, 0.1) is 7.11 Å². The Morgan fingerprint density at radius 2 is 1.08 bits per heavy atom. The van der Waals surface area contributed by atoms with E-state index in [1.807, 2.05) is 54.6 Å². The summed E-state index contributed by atoms with van der Waals surface area (Å²) in [7, 11) is 1.67. The van der Waals surface area contributed by atoms with E-state index in [1.54, 1.807) is 7.11 Å². The molecular weight excluding hydrogens is 296 g/mol. The molecule has 1 heterocycles. The summed E-state index contributed by atoms with van der Waals surface area (Å²) in [6, 6.07) is 26.3. The van der Waals surface area contributed by atoms with Gasteiger partial charge in [-0.1, -0.05) is 54.6 Å². The fourth-order valence-corrected chi connectivity index (χ4v) is 2.88. The highest BCUT2D eigenvalue weighted by atomic mass is 16.5. The van der Waals surface area contributed by atoms with Crippen LogP contribution >= 0.6 is 0 Å². The SMILES string of the molecule is COc1ccc(-c2nnc(-c3ccccc3)c3ccccc23)cc1. The average Bonchev–Trinajstić information content (AvgIpc) is 2.68. The Labute approximate surface area is 140 Å². The Hall–Kier alpha value is -3.20. The normalized spacial score (nSPS) is 10.7. The zero-order valence-electron chi connectivity index (χ0n) is 13.3. The van der Waals surface area contributed by atoms with Crippen LogP contribution in [-0.4, -0.2) is 17.3 Å². The van der Waals surface area contributed by atoms with Gasteiger partial charge in [0.15, 0.2) is 0 Å². The molecule has 3 nitrogen and oxygen atoms in total. The summed E-state index contributed by atoms with van der Waals surface area (Å²) in [5.74, 6) is 0.830. The van der Waals surface area contributed by atoms with Crippen molar-refractivity contribution >= 4 is 10.8 Å². The predicted octanol–water partition coefficient (Wildman–Crippen LogP) is 4.97. The summed E-state index contributed by atoms with van der Waals surface area (Å²) in [5, 5.41) is 11.2. The van der Waals surface area contributed by atoms with Crippen LogP contribution in [0.4, 0.5) is 0 Å². The fraction of sp³-hybridized carbons (Fsp3) is 0.0476. The fourth-order valence-electron chi connectivity index (χ4n) is 2.88. The molecule has 0 aliphatic carbocycles. The maximum atomic E-state index is 5.23. The second-order valence-corrected chi connectivity index (χ2v) is 5.54. The molecule has 0 aliphatic heterocycles. The minimum atomic E-state index is 0.830. The van der Waals surface area contributed by atoms with Crippen molar-refractivity contribution in [3.8, 4) is 28.3 Å². The molecule has 0 saturated carbocycles. The van der Waals surface area contributed by atoms with Crippen LogP contribution in [0, 0.1) is 0 Å². The second kappa shape index (κ2) is 6.13. The molecule has 3 aromatic carbocycles. The van der Waals surface area contributed by atoms with E-state index in [-0.39, 0.29) is 0 Å². The lowest BCUT2D eigenvalue weighted by Gasteiger charge is -2.10. The molecule has 0 amide bonds. The summed E-state index contributed by atoms with van der Waals surface area (Å²) >= 11 is 0. The molecule has 0 radical (unpaired) electrons. The van der Waals surface area contributed by atoms with Crippen molar-refractivity contribution in [2.45, 2.75) is 0 Å². The third-order valence-corrected chi connectivity index (χ3v) is 4.10. The highest BCUT2D eigenvalue weighted by Crippen LogP contribution is 2.32. The van der Waals surface area contributed by atoms with Crippen molar-refractivity contribution in [1.82, 2.24) is 10.2 Å². The van der Waals surface area contributed by atoms with E-state index >= 15 is 0 Å². The van der Waals surface area contributed by atoms with Crippen molar-refractivity contribution in [2.24, 2.45) is 0 Å².